The van der Waals surface area contributed by atoms with Gasteiger partial charge < -0.3 is 15.4 Å². The van der Waals surface area contributed by atoms with E-state index in [1.807, 2.05) is 30.0 Å². The molecule has 20 heavy (non-hydrogen) atoms. The molecule has 1 aliphatic heterocycles. The molecule has 0 aromatic heterocycles. The van der Waals surface area contributed by atoms with Gasteiger partial charge in [-0.05, 0) is 42.5 Å². The zero-order chi connectivity index (χ0) is 14.8. The van der Waals surface area contributed by atoms with Crippen LogP contribution in [0.5, 0.6) is 5.75 Å². The van der Waals surface area contributed by atoms with Gasteiger partial charge in [-0.1, -0.05) is 19.1 Å². The lowest BCUT2D eigenvalue weighted by atomic mass is 9.90. The summed E-state index contributed by atoms with van der Waals surface area (Å²) >= 11 is 0. The highest BCUT2D eigenvalue weighted by atomic mass is 16.5. The van der Waals surface area contributed by atoms with Gasteiger partial charge in [-0.2, -0.15) is 0 Å². The molecule has 1 unspecified atom stereocenters. The molecule has 0 radical (unpaired) electrons. The van der Waals surface area contributed by atoms with Crippen LogP contribution < -0.4 is 10.5 Å². The first-order valence-corrected chi connectivity index (χ1v) is 7.09. The molecular formula is C16H24N2O2. The van der Waals surface area contributed by atoms with Crippen LogP contribution in [-0.4, -0.2) is 37.6 Å². The maximum absolute atomic E-state index is 12.3. The third kappa shape index (κ3) is 3.12. The van der Waals surface area contributed by atoms with E-state index in [2.05, 4.69) is 6.92 Å². The molecule has 4 nitrogen and oxygen atoms in total. The molecule has 0 bridgehead atoms. The predicted molar refractivity (Wildman–Crippen MR) is 79.8 cm³/mol. The van der Waals surface area contributed by atoms with Gasteiger partial charge in [-0.25, -0.2) is 0 Å². The minimum atomic E-state index is 0.0840. The van der Waals surface area contributed by atoms with Crippen LogP contribution in [-0.2, 0) is 11.2 Å². The minimum Gasteiger partial charge on any atom is -0.496 e. The van der Waals surface area contributed by atoms with Crippen molar-refractivity contribution in [3.05, 3.63) is 29.3 Å². The standard InChI is InChI=1S/C16H24N2O2/c1-12-4-5-13(8-14(12)20-3)9-15(19)18-7-6-16(2,10-17)11-18/h4-5,8H,6-7,9-11,17H2,1-3H3. The number of methoxy groups -OCH3 is 1. The normalized spacial score (nSPS) is 22.1. The Morgan fingerprint density at radius 2 is 2.25 bits per heavy atom. The topological polar surface area (TPSA) is 55.6 Å². The average molecular weight is 276 g/mol. The predicted octanol–water partition coefficient (Wildman–Crippen LogP) is 1.74. The Kier molecular flexibility index (Phi) is 4.33. The Balaban J connectivity index is 2.02. The number of hydrogen-bond donors (Lipinski definition) is 1. The summed E-state index contributed by atoms with van der Waals surface area (Å²) in [5, 5.41) is 0. The van der Waals surface area contributed by atoms with Gasteiger partial charge in [0.25, 0.3) is 0 Å². The smallest absolute Gasteiger partial charge is 0.227 e. The number of carbonyl (C=O) groups is 1. The van der Waals surface area contributed by atoms with Crippen LogP contribution in [0.1, 0.15) is 24.5 Å². The number of carbonyl (C=O) groups excluding carboxylic acids is 1. The first-order chi connectivity index (χ1) is 9.47. The SMILES string of the molecule is COc1cc(CC(=O)N2CCC(C)(CN)C2)ccc1C. The van der Waals surface area contributed by atoms with E-state index >= 15 is 0 Å². The zero-order valence-electron chi connectivity index (χ0n) is 12.6. The third-order valence-corrected chi connectivity index (χ3v) is 4.23. The van der Waals surface area contributed by atoms with Crippen molar-refractivity contribution in [3.63, 3.8) is 0 Å². The van der Waals surface area contributed by atoms with E-state index in [1.54, 1.807) is 7.11 Å². The Morgan fingerprint density at radius 3 is 2.85 bits per heavy atom. The first kappa shape index (κ1) is 14.9. The monoisotopic (exact) mass is 276 g/mol. The molecule has 1 aromatic carbocycles. The maximum Gasteiger partial charge on any atom is 0.227 e. The first-order valence-electron chi connectivity index (χ1n) is 7.09. The number of nitrogens with two attached hydrogens (primary N) is 1. The summed E-state index contributed by atoms with van der Waals surface area (Å²) < 4.78 is 5.30. The Hall–Kier alpha value is -1.55. The second-order valence-electron chi connectivity index (χ2n) is 6.06. The highest BCUT2D eigenvalue weighted by Gasteiger charge is 2.34. The Bertz CT molecular complexity index is 501. The Morgan fingerprint density at radius 1 is 1.50 bits per heavy atom. The van der Waals surface area contributed by atoms with Gasteiger partial charge in [0.15, 0.2) is 0 Å². The van der Waals surface area contributed by atoms with Crippen LogP contribution in [0.4, 0.5) is 0 Å². The second kappa shape index (κ2) is 5.83. The van der Waals surface area contributed by atoms with Gasteiger partial charge in [0, 0.05) is 13.1 Å². The average Bonchev–Trinajstić information content (AvgIpc) is 2.84. The van der Waals surface area contributed by atoms with Gasteiger partial charge in [0.2, 0.25) is 5.91 Å². The quantitative estimate of drug-likeness (QED) is 0.911. The summed E-state index contributed by atoms with van der Waals surface area (Å²) in [6.07, 6.45) is 1.42. The molecule has 1 heterocycles. The van der Waals surface area contributed by atoms with E-state index < -0.39 is 0 Å². The van der Waals surface area contributed by atoms with Gasteiger partial charge in [0.1, 0.15) is 5.75 Å². The van der Waals surface area contributed by atoms with Crippen LogP contribution in [0, 0.1) is 12.3 Å². The van der Waals surface area contributed by atoms with E-state index in [9.17, 15) is 4.79 Å². The van der Waals surface area contributed by atoms with Crippen LogP contribution >= 0.6 is 0 Å². The zero-order valence-corrected chi connectivity index (χ0v) is 12.6. The fourth-order valence-electron chi connectivity index (χ4n) is 2.66. The van der Waals surface area contributed by atoms with E-state index in [0.29, 0.717) is 13.0 Å². The number of likely N-dealkylation sites (tertiary alicyclic amines) is 1. The number of hydrogen-bond acceptors (Lipinski definition) is 3. The lowest BCUT2D eigenvalue weighted by Gasteiger charge is -2.22. The van der Waals surface area contributed by atoms with Crippen molar-refractivity contribution in [3.8, 4) is 5.75 Å². The van der Waals surface area contributed by atoms with Crippen molar-refractivity contribution in [1.82, 2.24) is 4.90 Å². The van der Waals surface area contributed by atoms with Crippen LogP contribution in [0.15, 0.2) is 18.2 Å². The molecular weight excluding hydrogens is 252 g/mol. The third-order valence-electron chi connectivity index (χ3n) is 4.23. The van der Waals surface area contributed by atoms with Crippen molar-refractivity contribution < 1.29 is 9.53 Å². The fourth-order valence-corrected chi connectivity index (χ4v) is 2.66. The number of amides is 1. The molecule has 1 fully saturated rings. The molecule has 1 atom stereocenters. The highest BCUT2D eigenvalue weighted by Crippen LogP contribution is 2.29. The summed E-state index contributed by atoms with van der Waals surface area (Å²) in [5.74, 6) is 1.01. The van der Waals surface area contributed by atoms with Gasteiger partial charge in [0.05, 0.1) is 13.5 Å². The lowest BCUT2D eigenvalue weighted by Crippen LogP contribution is -2.35. The molecule has 1 aromatic rings. The summed E-state index contributed by atoms with van der Waals surface area (Å²) in [4.78, 5) is 14.3. The molecule has 1 aliphatic rings. The van der Waals surface area contributed by atoms with Crippen LogP contribution in [0.3, 0.4) is 0 Å². The summed E-state index contributed by atoms with van der Waals surface area (Å²) in [5.41, 5.74) is 7.95. The number of aryl methyl sites for hydroxylation is 1. The molecule has 1 saturated heterocycles. The minimum absolute atomic E-state index is 0.0840. The van der Waals surface area contributed by atoms with Gasteiger partial charge in [-0.15, -0.1) is 0 Å². The van der Waals surface area contributed by atoms with E-state index in [-0.39, 0.29) is 11.3 Å². The van der Waals surface area contributed by atoms with Gasteiger partial charge in [-0.3, -0.25) is 4.79 Å². The van der Waals surface area contributed by atoms with Crippen molar-refractivity contribution in [2.45, 2.75) is 26.7 Å². The molecule has 2 N–H and O–H groups in total. The van der Waals surface area contributed by atoms with Gasteiger partial charge >= 0.3 is 0 Å². The maximum atomic E-state index is 12.3. The molecule has 110 valence electrons. The molecule has 4 heteroatoms. The number of ether oxygens (including phenoxy) is 1. The highest BCUT2D eigenvalue weighted by molar-refractivity contribution is 5.79. The molecule has 0 spiro atoms. The molecule has 0 aliphatic carbocycles. The van der Waals surface area contributed by atoms with Crippen molar-refractivity contribution in [2.75, 3.05) is 26.7 Å². The van der Waals surface area contributed by atoms with Crippen molar-refractivity contribution >= 4 is 5.91 Å². The van der Waals surface area contributed by atoms with E-state index in [4.69, 9.17) is 10.5 Å². The molecule has 1 amide bonds. The lowest BCUT2D eigenvalue weighted by molar-refractivity contribution is -0.129. The van der Waals surface area contributed by atoms with Crippen LogP contribution in [0.2, 0.25) is 0 Å². The largest absolute Gasteiger partial charge is 0.496 e. The number of rotatable bonds is 4. The van der Waals surface area contributed by atoms with Crippen LogP contribution in [0.25, 0.3) is 0 Å². The molecule has 2 rings (SSSR count). The van der Waals surface area contributed by atoms with Crippen molar-refractivity contribution in [1.29, 1.82) is 0 Å². The Labute approximate surface area is 120 Å². The summed E-state index contributed by atoms with van der Waals surface area (Å²) in [6.45, 7) is 6.36. The fraction of sp³-hybridized carbons (Fsp3) is 0.562. The summed E-state index contributed by atoms with van der Waals surface area (Å²) in [6, 6.07) is 5.94. The number of nitrogens with zero attached hydrogens (tertiary/aromatic N) is 1. The summed E-state index contributed by atoms with van der Waals surface area (Å²) in [7, 11) is 1.65. The van der Waals surface area contributed by atoms with E-state index in [1.165, 1.54) is 0 Å². The molecule has 0 saturated carbocycles. The van der Waals surface area contributed by atoms with Crippen molar-refractivity contribution in [2.24, 2.45) is 11.1 Å². The second-order valence-corrected chi connectivity index (χ2v) is 6.06. The van der Waals surface area contributed by atoms with E-state index in [0.717, 1.165) is 36.4 Å². The number of benzene rings is 1.